The number of carbonyl (C=O) groups excluding carboxylic acids is 2. The highest BCUT2D eigenvalue weighted by molar-refractivity contribution is 6.05. The topological polar surface area (TPSA) is 151 Å². The molecule has 0 atom stereocenters. The van der Waals surface area contributed by atoms with E-state index in [1.165, 1.54) is 66.1 Å². The number of nitro benzene ring substituents is 1. The first-order valence-corrected chi connectivity index (χ1v) is 9.66. The molecule has 33 heavy (non-hydrogen) atoms. The minimum absolute atomic E-state index is 0.0181. The van der Waals surface area contributed by atoms with E-state index in [9.17, 15) is 24.8 Å². The molecule has 3 heterocycles. The first-order valence-electron chi connectivity index (χ1n) is 9.66. The molecule has 0 saturated carbocycles. The Bertz CT molecular complexity index is 1210. The van der Waals surface area contributed by atoms with Crippen molar-refractivity contribution in [3.63, 3.8) is 0 Å². The number of rotatable bonds is 7. The van der Waals surface area contributed by atoms with Crippen LogP contribution in [-0.4, -0.2) is 38.2 Å². The molecule has 0 bridgehead atoms. The van der Waals surface area contributed by atoms with Crippen molar-refractivity contribution < 1.29 is 33.2 Å². The van der Waals surface area contributed by atoms with Crippen LogP contribution in [0.5, 0.6) is 5.88 Å². The molecule has 1 N–H and O–H groups in total. The van der Waals surface area contributed by atoms with Crippen molar-refractivity contribution in [3.05, 3.63) is 83.2 Å². The molecule has 0 saturated heterocycles. The van der Waals surface area contributed by atoms with Crippen molar-refractivity contribution >= 4 is 17.4 Å². The van der Waals surface area contributed by atoms with Crippen LogP contribution in [0.25, 0.3) is 16.9 Å². The second-order valence-electron chi connectivity index (χ2n) is 6.50. The molecule has 0 fully saturated rings. The van der Waals surface area contributed by atoms with Crippen LogP contribution in [0, 0.1) is 10.1 Å². The van der Waals surface area contributed by atoms with Gasteiger partial charge in [0.05, 0.1) is 47.3 Å². The summed E-state index contributed by atoms with van der Waals surface area (Å²) in [4.78, 5) is 32.2. The number of aromatic nitrogens is 2. The predicted molar refractivity (Wildman–Crippen MR) is 114 cm³/mol. The molecule has 0 radical (unpaired) electrons. The van der Waals surface area contributed by atoms with Gasteiger partial charge in [0.25, 0.3) is 5.69 Å². The molecule has 4 aromatic rings. The van der Waals surface area contributed by atoms with Gasteiger partial charge in [-0.15, -0.1) is 0 Å². The predicted octanol–water partition coefficient (Wildman–Crippen LogP) is 4.16. The molecule has 1 aromatic carbocycles. The summed E-state index contributed by atoms with van der Waals surface area (Å²) in [5.74, 6) is -0.851. The molecule has 4 rings (SSSR count). The lowest BCUT2D eigenvalue weighted by Crippen LogP contribution is -2.10. The minimum Gasteiger partial charge on any atom is -0.493 e. The number of esters is 1. The number of ketones is 1. The van der Waals surface area contributed by atoms with Crippen molar-refractivity contribution in [1.82, 2.24) is 9.78 Å². The Morgan fingerprint density at radius 2 is 1.82 bits per heavy atom. The maximum Gasteiger partial charge on any atom is 0.313 e. The summed E-state index contributed by atoms with van der Waals surface area (Å²) in [6.07, 6.45) is 5.49. The number of Topliss-reactive ketones (excluding diaryl/α,β-unsaturated/α-hetero) is 1. The molecule has 0 spiro atoms. The fourth-order valence-electron chi connectivity index (χ4n) is 2.70. The number of aromatic hydroxyl groups is 1. The lowest BCUT2D eigenvalue weighted by molar-refractivity contribution is -0.384. The highest BCUT2D eigenvalue weighted by Gasteiger charge is 2.13. The van der Waals surface area contributed by atoms with Gasteiger partial charge in [-0.2, -0.15) is 5.10 Å². The van der Waals surface area contributed by atoms with Crippen LogP contribution in [0.4, 0.5) is 5.69 Å². The van der Waals surface area contributed by atoms with Gasteiger partial charge in [-0.25, -0.2) is 4.68 Å². The van der Waals surface area contributed by atoms with Crippen LogP contribution >= 0.6 is 0 Å². The number of nitro groups is 1. The molecule has 0 aliphatic carbocycles. The Labute approximate surface area is 187 Å². The van der Waals surface area contributed by atoms with Crippen LogP contribution < -0.4 is 0 Å². The Balaban J connectivity index is 0.000000205. The average Bonchev–Trinajstić information content (AvgIpc) is 3.56. The quantitative estimate of drug-likeness (QED) is 0.143. The molecular formula is C22H19N3O8. The summed E-state index contributed by atoms with van der Waals surface area (Å²) < 4.78 is 15.6. The van der Waals surface area contributed by atoms with Crippen molar-refractivity contribution in [3.8, 4) is 22.8 Å². The number of hydrogen-bond donors (Lipinski definition) is 1. The summed E-state index contributed by atoms with van der Waals surface area (Å²) in [6, 6.07) is 10.5. The normalized spacial score (nSPS) is 10.2. The zero-order valence-electron chi connectivity index (χ0n) is 17.4. The monoisotopic (exact) mass is 453 g/mol. The van der Waals surface area contributed by atoms with Gasteiger partial charge in [-0.1, -0.05) is 0 Å². The van der Waals surface area contributed by atoms with E-state index in [1.54, 1.807) is 13.0 Å². The van der Waals surface area contributed by atoms with Crippen LogP contribution in [0.15, 0.2) is 76.4 Å². The molecule has 11 heteroatoms. The third kappa shape index (κ3) is 5.94. The van der Waals surface area contributed by atoms with Gasteiger partial charge in [0.2, 0.25) is 5.88 Å². The fraction of sp³-hybridized carbons (Fsp3) is 0.136. The molecular weight excluding hydrogens is 434 g/mol. The van der Waals surface area contributed by atoms with Crippen LogP contribution in [0.1, 0.15) is 23.7 Å². The number of furan rings is 2. The zero-order valence-corrected chi connectivity index (χ0v) is 17.4. The van der Waals surface area contributed by atoms with E-state index in [4.69, 9.17) is 8.83 Å². The van der Waals surface area contributed by atoms with Crippen molar-refractivity contribution in [2.24, 2.45) is 0 Å². The summed E-state index contributed by atoms with van der Waals surface area (Å²) in [5.41, 5.74) is 2.20. The van der Waals surface area contributed by atoms with E-state index < -0.39 is 10.9 Å². The van der Waals surface area contributed by atoms with E-state index in [2.05, 4.69) is 9.84 Å². The van der Waals surface area contributed by atoms with Crippen LogP contribution in [0.3, 0.4) is 0 Å². The van der Waals surface area contributed by atoms with Crippen molar-refractivity contribution in [2.75, 3.05) is 6.61 Å². The highest BCUT2D eigenvalue weighted by atomic mass is 16.6. The van der Waals surface area contributed by atoms with Gasteiger partial charge >= 0.3 is 5.97 Å². The van der Waals surface area contributed by atoms with Gasteiger partial charge in [-0.05, 0) is 31.2 Å². The second kappa shape index (κ2) is 10.6. The van der Waals surface area contributed by atoms with Crippen molar-refractivity contribution in [1.29, 1.82) is 0 Å². The van der Waals surface area contributed by atoms with Gasteiger partial charge in [0, 0.05) is 23.8 Å². The smallest absolute Gasteiger partial charge is 0.313 e. The Hall–Kier alpha value is -4.67. The molecule has 0 unspecified atom stereocenters. The lowest BCUT2D eigenvalue weighted by atomic mass is 10.2. The third-order valence-corrected chi connectivity index (χ3v) is 4.27. The Morgan fingerprint density at radius 1 is 1.12 bits per heavy atom. The Kier molecular flexibility index (Phi) is 7.37. The van der Waals surface area contributed by atoms with E-state index in [0.717, 1.165) is 5.56 Å². The standard InChI is InChI=1S/C13H9N3O4.C9H10O4/c17-13-7-12(9-5-6-20-8-9)14-15(13)10-1-3-11(4-2-10)16(18)19;1-2-13-9(11)5-8(10)7-3-4-12-6-7/h1-8,17H;3-4,6H,2,5H2,1H3. The van der Waals surface area contributed by atoms with Crippen LogP contribution in [-0.2, 0) is 9.53 Å². The first-order chi connectivity index (χ1) is 15.9. The van der Waals surface area contributed by atoms with Gasteiger partial charge in [0.1, 0.15) is 12.7 Å². The minimum atomic E-state index is -0.506. The summed E-state index contributed by atoms with van der Waals surface area (Å²) in [5, 5.41) is 24.7. The highest BCUT2D eigenvalue weighted by Crippen LogP contribution is 2.26. The number of benzene rings is 1. The molecule has 0 aliphatic rings. The van der Waals surface area contributed by atoms with E-state index >= 15 is 0 Å². The lowest BCUT2D eigenvalue weighted by Gasteiger charge is -2.02. The van der Waals surface area contributed by atoms with Crippen molar-refractivity contribution in [2.45, 2.75) is 13.3 Å². The fourth-order valence-corrected chi connectivity index (χ4v) is 2.70. The maximum atomic E-state index is 11.2. The van der Waals surface area contributed by atoms with Gasteiger partial charge in [-0.3, -0.25) is 19.7 Å². The van der Waals surface area contributed by atoms with E-state index in [-0.39, 0.29) is 30.4 Å². The number of nitrogens with zero attached hydrogens (tertiary/aromatic N) is 3. The Morgan fingerprint density at radius 3 is 2.39 bits per heavy atom. The maximum absolute atomic E-state index is 11.2. The molecule has 0 amide bonds. The largest absolute Gasteiger partial charge is 0.493 e. The van der Waals surface area contributed by atoms with E-state index in [0.29, 0.717) is 16.9 Å². The number of carbonyl (C=O) groups is 2. The molecule has 170 valence electrons. The summed E-state index contributed by atoms with van der Waals surface area (Å²) in [6.45, 7) is 1.98. The molecule has 0 aliphatic heterocycles. The number of non-ortho nitro benzene ring substituents is 1. The third-order valence-electron chi connectivity index (χ3n) is 4.27. The number of hydrogen-bond acceptors (Lipinski definition) is 9. The number of ether oxygens (including phenoxy) is 1. The summed E-state index contributed by atoms with van der Waals surface area (Å²) in [7, 11) is 0. The second-order valence-corrected chi connectivity index (χ2v) is 6.50. The average molecular weight is 453 g/mol. The van der Waals surface area contributed by atoms with Crippen LogP contribution in [0.2, 0.25) is 0 Å². The molecule has 3 aromatic heterocycles. The first kappa shape index (κ1) is 23.0. The van der Waals surface area contributed by atoms with Gasteiger partial charge in [0.15, 0.2) is 5.78 Å². The molecule has 11 nitrogen and oxygen atoms in total. The zero-order chi connectivity index (χ0) is 23.8. The van der Waals surface area contributed by atoms with E-state index in [1.807, 2.05) is 0 Å². The van der Waals surface area contributed by atoms with Gasteiger partial charge < -0.3 is 18.7 Å². The summed E-state index contributed by atoms with van der Waals surface area (Å²) >= 11 is 0. The SMILES string of the molecule is CCOC(=O)CC(=O)c1ccoc1.O=[N+]([O-])c1ccc(-n2nc(-c3ccoc3)cc2O)cc1.